The number of aromatic nitrogens is 1. The van der Waals surface area contributed by atoms with Gasteiger partial charge in [0.25, 0.3) is 0 Å². The van der Waals surface area contributed by atoms with Gasteiger partial charge in [0.05, 0.1) is 17.6 Å². The first-order valence-corrected chi connectivity index (χ1v) is 18.6. The Morgan fingerprint density at radius 2 is 1.17 bits per heavy atom. The average molecular weight is 697 g/mol. The molecule has 0 saturated carbocycles. The van der Waals surface area contributed by atoms with Crippen molar-refractivity contribution >= 4 is 93.2 Å². The van der Waals surface area contributed by atoms with Crippen molar-refractivity contribution in [3.8, 4) is 5.69 Å². The molecule has 4 nitrogen and oxygen atoms in total. The third-order valence-corrected chi connectivity index (χ3v) is 11.4. The maximum absolute atomic E-state index is 5.04. The fourth-order valence-electron chi connectivity index (χ4n) is 7.78. The van der Waals surface area contributed by atoms with E-state index >= 15 is 0 Å². The first-order valence-electron chi connectivity index (χ1n) is 17.7. The van der Waals surface area contributed by atoms with Crippen LogP contribution in [0.2, 0.25) is 0 Å². The van der Waals surface area contributed by atoms with Gasteiger partial charge in [-0.05, 0) is 64.8 Å². The zero-order valence-electron chi connectivity index (χ0n) is 28.8. The minimum Gasteiger partial charge on any atom is -0.309 e. The maximum Gasteiger partial charge on any atom is 0.161 e. The second-order valence-electron chi connectivity index (χ2n) is 13.2. The first kappa shape index (κ1) is 31.1. The monoisotopic (exact) mass is 696 g/mol. The standard InChI is InChI=1S/C48H32N4S/c1-49-47(33-17-6-3-7-18-33)51-48(50-30-31-14-4-2-5-15-31)34-24-27-35(28-25-34)52-40-29-26-32-16-8-9-19-36(32)42(40)43-37-20-10-11-21-38(37)46-44(45(43)52)39-22-12-13-23-41(39)53-46/h2-29H,1,30H2. The Morgan fingerprint density at radius 1 is 0.528 bits per heavy atom. The smallest absolute Gasteiger partial charge is 0.161 e. The van der Waals surface area contributed by atoms with Crippen LogP contribution in [0, 0.1) is 0 Å². The summed E-state index contributed by atoms with van der Waals surface area (Å²) in [5.74, 6) is 1.14. The molecule has 0 atom stereocenters. The van der Waals surface area contributed by atoms with E-state index in [4.69, 9.17) is 9.98 Å². The van der Waals surface area contributed by atoms with Crippen molar-refractivity contribution in [2.45, 2.75) is 6.54 Å². The molecule has 8 aromatic carbocycles. The lowest BCUT2D eigenvalue weighted by Gasteiger charge is -2.12. The van der Waals surface area contributed by atoms with Gasteiger partial charge in [0.2, 0.25) is 0 Å². The van der Waals surface area contributed by atoms with Crippen LogP contribution >= 0.6 is 11.3 Å². The van der Waals surface area contributed by atoms with Crippen molar-refractivity contribution in [2.24, 2.45) is 15.0 Å². The number of benzene rings is 8. The summed E-state index contributed by atoms with van der Waals surface area (Å²) < 4.78 is 5.08. The normalized spacial score (nSPS) is 12.5. The molecule has 0 aliphatic carbocycles. The minimum absolute atomic E-state index is 0.497. The highest BCUT2D eigenvalue weighted by Gasteiger charge is 2.23. The van der Waals surface area contributed by atoms with Crippen LogP contribution in [0.4, 0.5) is 0 Å². The SMILES string of the molecule is C=NC(=NC(=NCc1ccccc1)c1ccc(-n2c3ccc4ccccc4c3c3c4ccccc4c4sc5ccccc5c4c32)cc1)c1ccccc1. The molecule has 0 saturated heterocycles. The van der Waals surface area contributed by atoms with E-state index in [2.05, 4.69) is 138 Å². The van der Waals surface area contributed by atoms with Crippen LogP contribution < -0.4 is 0 Å². The highest BCUT2D eigenvalue weighted by molar-refractivity contribution is 7.27. The van der Waals surface area contributed by atoms with Crippen LogP contribution in [0.5, 0.6) is 0 Å². The lowest BCUT2D eigenvalue weighted by Crippen LogP contribution is -2.06. The maximum atomic E-state index is 5.04. The molecule has 2 aromatic heterocycles. The molecule has 0 N–H and O–H groups in total. The van der Waals surface area contributed by atoms with Crippen LogP contribution in [0.25, 0.3) is 69.2 Å². The molecule has 0 fully saturated rings. The molecule has 0 unspecified atom stereocenters. The Labute approximate surface area is 310 Å². The number of nitrogens with zero attached hydrogens (tertiary/aromatic N) is 4. The van der Waals surface area contributed by atoms with Crippen molar-refractivity contribution in [3.63, 3.8) is 0 Å². The lowest BCUT2D eigenvalue weighted by atomic mass is 9.97. The zero-order valence-corrected chi connectivity index (χ0v) is 29.6. The van der Waals surface area contributed by atoms with Crippen molar-refractivity contribution in [1.82, 2.24) is 4.57 Å². The first-order chi connectivity index (χ1) is 26.3. The van der Waals surface area contributed by atoms with Crippen molar-refractivity contribution in [3.05, 3.63) is 187 Å². The highest BCUT2D eigenvalue weighted by atomic mass is 32.1. The third-order valence-electron chi connectivity index (χ3n) is 10.2. The molecule has 0 aliphatic rings. The van der Waals surface area contributed by atoms with Crippen LogP contribution in [0.1, 0.15) is 16.7 Å². The predicted octanol–water partition coefficient (Wildman–Crippen LogP) is 12.6. The molecule has 250 valence electrons. The molecular weight excluding hydrogens is 665 g/mol. The van der Waals surface area contributed by atoms with E-state index in [0.29, 0.717) is 18.2 Å². The fourth-order valence-corrected chi connectivity index (χ4v) is 9.02. The Morgan fingerprint density at radius 3 is 1.94 bits per heavy atom. The van der Waals surface area contributed by atoms with Crippen molar-refractivity contribution < 1.29 is 0 Å². The van der Waals surface area contributed by atoms with Crippen molar-refractivity contribution in [2.75, 3.05) is 0 Å². The van der Waals surface area contributed by atoms with Crippen LogP contribution in [-0.4, -0.2) is 23.0 Å². The molecule has 0 amide bonds. The van der Waals surface area contributed by atoms with Gasteiger partial charge >= 0.3 is 0 Å². The van der Waals surface area contributed by atoms with Gasteiger partial charge < -0.3 is 4.57 Å². The molecule has 10 rings (SSSR count). The number of aliphatic imine (C=N–C) groups is 3. The summed E-state index contributed by atoms with van der Waals surface area (Å²) in [4.78, 5) is 14.4. The second-order valence-corrected chi connectivity index (χ2v) is 14.3. The predicted molar refractivity (Wildman–Crippen MR) is 228 cm³/mol. The van der Waals surface area contributed by atoms with Crippen LogP contribution in [0.15, 0.2) is 185 Å². The van der Waals surface area contributed by atoms with E-state index in [1.807, 2.05) is 59.9 Å². The summed E-state index contributed by atoms with van der Waals surface area (Å²) >= 11 is 1.88. The van der Waals surface area contributed by atoms with Gasteiger partial charge in [0.1, 0.15) is 0 Å². The molecule has 0 aliphatic heterocycles. The Hall–Kier alpha value is -6.69. The molecule has 5 heteroatoms. The zero-order chi connectivity index (χ0) is 35.3. The molecule has 10 aromatic rings. The molecule has 0 bridgehead atoms. The van der Waals surface area contributed by atoms with Gasteiger partial charge in [-0.25, -0.2) is 9.98 Å². The van der Waals surface area contributed by atoms with Gasteiger partial charge in [-0.3, -0.25) is 4.99 Å². The van der Waals surface area contributed by atoms with E-state index in [0.717, 1.165) is 22.4 Å². The summed E-state index contributed by atoms with van der Waals surface area (Å²) in [7, 11) is 0. The topological polar surface area (TPSA) is 42.0 Å². The quantitative estimate of drug-likeness (QED) is 0.127. The fraction of sp³-hybridized carbons (Fsp3) is 0.0208. The highest BCUT2D eigenvalue weighted by Crippen LogP contribution is 2.49. The average Bonchev–Trinajstić information content (AvgIpc) is 3.79. The molecule has 2 heterocycles. The largest absolute Gasteiger partial charge is 0.309 e. The summed E-state index contributed by atoms with van der Waals surface area (Å²) in [6.07, 6.45) is 0. The Balaban J connectivity index is 1.24. The summed E-state index contributed by atoms with van der Waals surface area (Å²) in [6, 6.07) is 59.9. The number of hydrogen-bond acceptors (Lipinski definition) is 2. The summed E-state index contributed by atoms with van der Waals surface area (Å²) in [5.41, 5.74) is 6.40. The Bertz CT molecular complexity index is 3080. The number of fused-ring (bicyclic) bond motifs is 12. The van der Waals surface area contributed by atoms with E-state index in [-0.39, 0.29) is 0 Å². The van der Waals surface area contributed by atoms with E-state index in [1.165, 1.54) is 63.5 Å². The lowest BCUT2D eigenvalue weighted by molar-refractivity contribution is 1.06. The number of rotatable bonds is 5. The summed E-state index contributed by atoms with van der Waals surface area (Å²) in [6.45, 7) is 4.35. The number of thiophene rings is 1. The van der Waals surface area contributed by atoms with Gasteiger partial charge in [-0.2, -0.15) is 0 Å². The van der Waals surface area contributed by atoms with Gasteiger partial charge in [0, 0.05) is 53.1 Å². The summed E-state index contributed by atoms with van der Waals surface area (Å²) in [5, 5.41) is 10.2. The van der Waals surface area contributed by atoms with Gasteiger partial charge in [-0.1, -0.05) is 133 Å². The van der Waals surface area contributed by atoms with Crippen molar-refractivity contribution in [1.29, 1.82) is 0 Å². The van der Waals surface area contributed by atoms with Gasteiger partial charge in [0.15, 0.2) is 11.7 Å². The third kappa shape index (κ3) is 5.16. The molecule has 0 radical (unpaired) electrons. The number of amidine groups is 2. The van der Waals surface area contributed by atoms with Gasteiger partial charge in [-0.15, -0.1) is 11.3 Å². The molecule has 53 heavy (non-hydrogen) atoms. The second kappa shape index (κ2) is 12.8. The van der Waals surface area contributed by atoms with E-state index < -0.39 is 0 Å². The van der Waals surface area contributed by atoms with Crippen LogP contribution in [-0.2, 0) is 6.54 Å². The van der Waals surface area contributed by atoms with E-state index in [9.17, 15) is 0 Å². The van der Waals surface area contributed by atoms with Crippen LogP contribution in [0.3, 0.4) is 0 Å². The molecular formula is C48H32N4S. The number of hydrogen-bond donors (Lipinski definition) is 0. The molecule has 0 spiro atoms. The Kier molecular flexibility index (Phi) is 7.52. The minimum atomic E-state index is 0.497. The van der Waals surface area contributed by atoms with E-state index in [1.54, 1.807) is 0 Å².